The van der Waals surface area contributed by atoms with Crippen molar-refractivity contribution >= 4 is 23.5 Å². The first kappa shape index (κ1) is 20.9. The van der Waals surface area contributed by atoms with Gasteiger partial charge >= 0.3 is 5.97 Å². The Morgan fingerprint density at radius 2 is 1.82 bits per heavy atom. The van der Waals surface area contributed by atoms with Crippen molar-refractivity contribution in [3.8, 4) is 0 Å². The molecule has 1 unspecified atom stereocenters. The van der Waals surface area contributed by atoms with Gasteiger partial charge in [-0.25, -0.2) is 4.79 Å². The number of ether oxygens (including phenoxy) is 1. The van der Waals surface area contributed by atoms with E-state index in [1.807, 2.05) is 54.6 Å². The third-order valence-corrected chi connectivity index (χ3v) is 6.50. The molecule has 2 N–H and O–H groups in total. The quantitative estimate of drug-likeness (QED) is 0.593. The highest BCUT2D eigenvalue weighted by molar-refractivity contribution is 6.07. The molecule has 0 radical (unpaired) electrons. The van der Waals surface area contributed by atoms with Gasteiger partial charge in [0, 0.05) is 18.3 Å². The summed E-state index contributed by atoms with van der Waals surface area (Å²) in [6.45, 7) is 0. The highest BCUT2D eigenvalue weighted by Crippen LogP contribution is 2.47. The number of carbonyl (C=O) groups excluding carboxylic acids is 3. The van der Waals surface area contributed by atoms with E-state index in [4.69, 9.17) is 4.74 Å². The van der Waals surface area contributed by atoms with Gasteiger partial charge in [0.25, 0.3) is 5.91 Å². The SMILES string of the molecule is COC(=O)[C@H](Cc1ccccc1)NC(=O)c1cc2c(cn1)CC1(C2)C(=O)Nc2ccccc21. The summed E-state index contributed by atoms with van der Waals surface area (Å²) >= 11 is 0. The smallest absolute Gasteiger partial charge is 0.328 e. The summed E-state index contributed by atoms with van der Waals surface area (Å²) in [6, 6.07) is 18.0. The summed E-state index contributed by atoms with van der Waals surface area (Å²) in [4.78, 5) is 42.5. The number of benzene rings is 2. The summed E-state index contributed by atoms with van der Waals surface area (Å²) in [5.74, 6) is -1.01. The number of esters is 1. The van der Waals surface area contributed by atoms with Crippen LogP contribution in [0.4, 0.5) is 5.69 Å². The Hall–Kier alpha value is -4.00. The van der Waals surface area contributed by atoms with Crippen LogP contribution in [0.2, 0.25) is 0 Å². The minimum atomic E-state index is -0.834. The van der Waals surface area contributed by atoms with E-state index < -0.39 is 23.3 Å². The van der Waals surface area contributed by atoms with Crippen LogP contribution in [0.25, 0.3) is 0 Å². The fourth-order valence-electron chi connectivity index (χ4n) is 4.83. The molecule has 0 bridgehead atoms. The van der Waals surface area contributed by atoms with E-state index in [9.17, 15) is 14.4 Å². The van der Waals surface area contributed by atoms with E-state index in [1.54, 1.807) is 12.3 Å². The molecule has 2 amide bonds. The third-order valence-electron chi connectivity index (χ3n) is 6.50. The van der Waals surface area contributed by atoms with E-state index in [0.717, 1.165) is 27.9 Å². The molecule has 1 aliphatic carbocycles. The monoisotopic (exact) mass is 441 g/mol. The van der Waals surface area contributed by atoms with Crippen LogP contribution in [0.5, 0.6) is 0 Å². The standard InChI is InChI=1S/C26H23N3O4/c1-33-24(31)22(11-16-7-3-2-4-8-16)28-23(30)21-12-17-13-26(14-18(17)15-27-21)19-9-5-6-10-20(19)29-25(26)32/h2-10,12,15,22H,11,13-14H2,1H3,(H,28,30)(H,29,32)/t22-,26?/m0/s1. The van der Waals surface area contributed by atoms with Gasteiger partial charge in [0.05, 0.1) is 12.5 Å². The van der Waals surface area contributed by atoms with Crippen LogP contribution >= 0.6 is 0 Å². The van der Waals surface area contributed by atoms with Crippen LogP contribution in [0.3, 0.4) is 0 Å². The maximum Gasteiger partial charge on any atom is 0.328 e. The predicted octanol–water partition coefficient (Wildman–Crippen LogP) is 2.58. The Kier molecular flexibility index (Phi) is 5.17. The van der Waals surface area contributed by atoms with Crippen molar-refractivity contribution in [1.29, 1.82) is 0 Å². The molecule has 3 aromatic rings. The van der Waals surface area contributed by atoms with Crippen molar-refractivity contribution in [3.05, 3.63) is 94.8 Å². The summed E-state index contributed by atoms with van der Waals surface area (Å²) in [6.07, 6.45) is 3.01. The number of hydrogen-bond donors (Lipinski definition) is 2. The zero-order chi connectivity index (χ0) is 23.0. The topological polar surface area (TPSA) is 97.4 Å². The number of rotatable bonds is 5. The molecule has 2 atom stereocenters. The summed E-state index contributed by atoms with van der Waals surface area (Å²) in [7, 11) is 1.30. The second-order valence-corrected chi connectivity index (χ2v) is 8.51. The molecule has 5 rings (SSSR count). The van der Waals surface area contributed by atoms with Gasteiger partial charge in [-0.1, -0.05) is 48.5 Å². The Labute approximate surface area is 191 Å². The highest BCUT2D eigenvalue weighted by Gasteiger charge is 2.50. The average Bonchev–Trinajstić information content (AvgIpc) is 3.35. The van der Waals surface area contributed by atoms with Gasteiger partial charge in [0.2, 0.25) is 5.91 Å². The third kappa shape index (κ3) is 3.65. The molecule has 166 valence electrons. The Morgan fingerprint density at radius 1 is 1.09 bits per heavy atom. The van der Waals surface area contributed by atoms with Crippen molar-refractivity contribution in [1.82, 2.24) is 10.3 Å². The minimum Gasteiger partial charge on any atom is -0.467 e. The van der Waals surface area contributed by atoms with E-state index >= 15 is 0 Å². The Balaban J connectivity index is 1.37. The van der Waals surface area contributed by atoms with E-state index in [2.05, 4.69) is 15.6 Å². The molecular weight excluding hydrogens is 418 g/mol. The van der Waals surface area contributed by atoms with Gasteiger partial charge in [-0.15, -0.1) is 0 Å². The maximum atomic E-state index is 13.0. The molecule has 7 heteroatoms. The van der Waals surface area contributed by atoms with Gasteiger partial charge in [0.1, 0.15) is 11.7 Å². The van der Waals surface area contributed by atoms with E-state index in [1.165, 1.54) is 7.11 Å². The van der Waals surface area contributed by atoms with E-state index in [0.29, 0.717) is 19.3 Å². The molecule has 2 aliphatic rings. The molecule has 1 aliphatic heterocycles. The maximum absolute atomic E-state index is 13.0. The highest BCUT2D eigenvalue weighted by atomic mass is 16.5. The number of fused-ring (bicyclic) bond motifs is 3. The Bertz CT molecular complexity index is 1260. The second kappa shape index (κ2) is 8.16. The minimum absolute atomic E-state index is 0.0282. The normalized spacial score (nSPS) is 18.9. The number of hydrogen-bond acceptors (Lipinski definition) is 5. The molecular formula is C26H23N3O4. The molecule has 7 nitrogen and oxygen atoms in total. The first-order valence-electron chi connectivity index (χ1n) is 10.8. The van der Waals surface area contributed by atoms with Crippen LogP contribution in [0.15, 0.2) is 66.9 Å². The first-order chi connectivity index (χ1) is 16.0. The molecule has 33 heavy (non-hydrogen) atoms. The zero-order valence-electron chi connectivity index (χ0n) is 18.1. The van der Waals surface area contributed by atoms with Crippen LogP contribution < -0.4 is 10.6 Å². The lowest BCUT2D eigenvalue weighted by atomic mass is 9.79. The number of nitrogens with one attached hydrogen (secondary N) is 2. The fraction of sp³-hybridized carbons (Fsp3) is 0.231. The number of carbonyl (C=O) groups is 3. The van der Waals surface area contributed by atoms with E-state index in [-0.39, 0.29) is 11.6 Å². The lowest BCUT2D eigenvalue weighted by Gasteiger charge is -2.20. The van der Waals surface area contributed by atoms with Crippen molar-refractivity contribution < 1.29 is 19.1 Å². The second-order valence-electron chi connectivity index (χ2n) is 8.51. The number of para-hydroxylation sites is 1. The van der Waals surface area contributed by atoms with Crippen LogP contribution in [0.1, 0.15) is 32.7 Å². The van der Waals surface area contributed by atoms with Gasteiger partial charge in [-0.3, -0.25) is 14.6 Å². The molecule has 2 aromatic carbocycles. The molecule has 1 aromatic heterocycles. The zero-order valence-corrected chi connectivity index (χ0v) is 18.1. The molecule has 0 fully saturated rings. The van der Waals surface area contributed by atoms with Crippen molar-refractivity contribution in [2.45, 2.75) is 30.7 Å². The number of aromatic nitrogens is 1. The number of methoxy groups -OCH3 is 1. The summed E-state index contributed by atoms with van der Waals surface area (Å²) in [5.41, 5.74) is 4.13. The fourth-order valence-corrected chi connectivity index (χ4v) is 4.83. The first-order valence-corrected chi connectivity index (χ1v) is 10.8. The Morgan fingerprint density at radius 3 is 2.61 bits per heavy atom. The lowest BCUT2D eigenvalue weighted by Crippen LogP contribution is -2.43. The van der Waals surface area contributed by atoms with Crippen molar-refractivity contribution in [2.75, 3.05) is 12.4 Å². The molecule has 1 spiro atoms. The van der Waals surface area contributed by atoms with Crippen molar-refractivity contribution in [3.63, 3.8) is 0 Å². The van der Waals surface area contributed by atoms with Crippen LogP contribution in [-0.4, -0.2) is 35.9 Å². The van der Waals surface area contributed by atoms with Crippen LogP contribution in [0, 0.1) is 0 Å². The van der Waals surface area contributed by atoms with Crippen LogP contribution in [-0.2, 0) is 39.0 Å². The van der Waals surface area contributed by atoms with Gasteiger partial charge in [0.15, 0.2) is 0 Å². The molecule has 0 saturated heterocycles. The summed E-state index contributed by atoms with van der Waals surface area (Å²) < 4.78 is 4.89. The summed E-state index contributed by atoms with van der Waals surface area (Å²) in [5, 5.41) is 5.73. The van der Waals surface area contributed by atoms with Crippen molar-refractivity contribution in [2.24, 2.45) is 0 Å². The predicted molar refractivity (Wildman–Crippen MR) is 122 cm³/mol. The van der Waals surface area contributed by atoms with Gasteiger partial charge < -0.3 is 15.4 Å². The average molecular weight is 441 g/mol. The number of anilines is 1. The largest absolute Gasteiger partial charge is 0.467 e. The number of nitrogens with zero attached hydrogens (tertiary/aromatic N) is 1. The molecule has 0 saturated carbocycles. The lowest BCUT2D eigenvalue weighted by molar-refractivity contribution is -0.142. The van der Waals surface area contributed by atoms with Gasteiger partial charge in [-0.2, -0.15) is 0 Å². The molecule has 2 heterocycles. The van der Waals surface area contributed by atoms with Gasteiger partial charge in [-0.05, 0) is 47.2 Å². The number of pyridine rings is 1. The number of amides is 2.